The molecule has 2 aliphatic heterocycles. The summed E-state index contributed by atoms with van der Waals surface area (Å²) in [6.07, 6.45) is 3.25. The minimum Gasteiger partial charge on any atom is -0.497 e. The molecule has 6 aromatic rings. The molecule has 0 bridgehead atoms. The van der Waals surface area contributed by atoms with Gasteiger partial charge in [0.15, 0.2) is 0 Å². The van der Waals surface area contributed by atoms with Gasteiger partial charge < -0.3 is 34.1 Å². The van der Waals surface area contributed by atoms with E-state index in [1.165, 1.54) is 60.0 Å². The molecule has 1 N–H and O–H groups in total. The minimum absolute atomic E-state index is 0. The van der Waals surface area contributed by atoms with Crippen LogP contribution in [0.4, 0.5) is 10.3 Å². The fraction of sp³-hybridized carbons (Fsp3) is 0.378. The summed E-state index contributed by atoms with van der Waals surface area (Å²) in [6.45, 7) is 6.36. The number of ether oxygens (including phenoxy) is 4. The second-order valence-corrected chi connectivity index (χ2v) is 20.6. The van der Waals surface area contributed by atoms with Gasteiger partial charge in [0, 0.05) is 92.4 Å². The van der Waals surface area contributed by atoms with E-state index in [2.05, 4.69) is 29.9 Å². The Labute approximate surface area is 401 Å². The Bertz CT molecular complexity index is 2630. The van der Waals surface area contributed by atoms with E-state index in [1.54, 1.807) is 49.9 Å². The van der Waals surface area contributed by atoms with Gasteiger partial charge in [0.25, 0.3) is 9.05 Å². The van der Waals surface area contributed by atoms with E-state index in [4.69, 9.17) is 39.6 Å². The van der Waals surface area contributed by atoms with Crippen molar-refractivity contribution in [3.05, 3.63) is 120 Å². The van der Waals surface area contributed by atoms with Gasteiger partial charge in [0.2, 0.25) is 20.3 Å². The highest BCUT2D eigenvalue weighted by molar-refractivity contribution is 8.13. The quantitative estimate of drug-likeness (QED) is 0.114. The molecule has 0 spiro atoms. The molecule has 2 aliphatic rings. The number of benzene rings is 4. The molecule has 2 saturated heterocycles. The van der Waals surface area contributed by atoms with E-state index in [1.807, 2.05) is 42.5 Å². The van der Waals surface area contributed by atoms with Crippen molar-refractivity contribution in [2.75, 3.05) is 90.6 Å². The molecule has 0 amide bonds. The summed E-state index contributed by atoms with van der Waals surface area (Å²) in [5.41, 5.74) is 2.26. The third-order valence-electron chi connectivity index (χ3n) is 10.3. The van der Waals surface area contributed by atoms with Gasteiger partial charge in [-0.15, -0.1) is 0 Å². The van der Waals surface area contributed by atoms with Crippen LogP contribution in [0, 0.1) is 0 Å². The van der Waals surface area contributed by atoms with Gasteiger partial charge in [-0.2, -0.15) is 13.1 Å². The fourth-order valence-corrected chi connectivity index (χ4v) is 10.5. The lowest BCUT2D eigenvalue weighted by molar-refractivity contribution is 0.413. The van der Waals surface area contributed by atoms with Crippen LogP contribution in [-0.4, -0.2) is 121 Å². The molecule has 2 aromatic heterocycles. The third kappa shape index (κ3) is 15.0. The second kappa shape index (κ2) is 25.2. The zero-order chi connectivity index (χ0) is 46.2. The molecule has 66 heavy (non-hydrogen) atoms. The van der Waals surface area contributed by atoms with E-state index in [0.717, 1.165) is 91.0 Å². The third-order valence-corrected chi connectivity index (χ3v) is 15.2. The molecule has 0 radical (unpaired) electrons. The molecule has 0 atom stereocenters. The summed E-state index contributed by atoms with van der Waals surface area (Å²) in [5.74, 6) is 4.56. The Morgan fingerprint density at radius 1 is 0.576 bits per heavy atom. The second-order valence-electron chi connectivity index (χ2n) is 14.7. The molecule has 21 heteroatoms. The van der Waals surface area contributed by atoms with Crippen LogP contribution >= 0.6 is 33.7 Å². The van der Waals surface area contributed by atoms with Crippen molar-refractivity contribution >= 4 is 63.1 Å². The number of hydrogen-bond donors (Lipinski definition) is 1. The lowest BCUT2D eigenvalue weighted by Crippen LogP contribution is -2.35. The van der Waals surface area contributed by atoms with Crippen molar-refractivity contribution in [1.82, 2.24) is 28.3 Å². The topological polar surface area (TPSA) is 179 Å². The summed E-state index contributed by atoms with van der Waals surface area (Å²) in [4.78, 5) is 14.2. The van der Waals surface area contributed by atoms with Gasteiger partial charge in [0.05, 0.1) is 38.2 Å². The predicted molar refractivity (Wildman–Crippen MR) is 262 cm³/mol. The average molecular weight is 1000 g/mol. The van der Waals surface area contributed by atoms with Crippen molar-refractivity contribution in [2.24, 2.45) is 0 Å². The maximum atomic E-state index is 13.1. The van der Waals surface area contributed by atoms with Crippen LogP contribution < -0.4 is 34.1 Å². The zero-order valence-electron chi connectivity index (χ0n) is 36.6. The number of aromatic nitrogens is 4. The molecule has 0 unspecified atom stereocenters. The highest BCUT2D eigenvalue weighted by atomic mass is 35.7. The number of halogens is 1. The number of rotatable bonds is 13. The van der Waals surface area contributed by atoms with Crippen molar-refractivity contribution in [3.63, 3.8) is 0 Å². The van der Waals surface area contributed by atoms with E-state index < -0.39 is 19.1 Å². The van der Waals surface area contributed by atoms with Crippen molar-refractivity contribution < 1.29 is 35.8 Å². The number of methoxy groups -OCH3 is 4. The molecule has 0 aliphatic carbocycles. The molecule has 2 fully saturated rings. The molecule has 16 nitrogen and oxygen atoms in total. The molecular formula is C45H57ClN8O8S4. The van der Waals surface area contributed by atoms with Crippen LogP contribution in [0.3, 0.4) is 0 Å². The van der Waals surface area contributed by atoms with Crippen LogP contribution in [0.2, 0.25) is 0 Å². The first-order valence-corrected chi connectivity index (χ1v) is 26.0. The number of anilines is 2. The standard InChI is InChI=1S/C22H26N4O4S2.C15H20N4OS.C7H7ClO3S.CH4/c1-29-18-7-9-20(10-8-18)32(27,28)26-12-4-11-25(13-14-26)22-23-21(24-31-22)16-17-5-3-6-19(15-17)30-2;1-20-13-5-2-4-12(10-13)11-14-17-15(21-18-14)19-8-3-6-16-7-9-19;1-11-6-2-4-7(5-3-6)12(8,9)10;/h3,5-10,15H,4,11-14,16H2,1-2H3;2,4-5,10,16H,3,6-9,11H2,1H3;2-5H,1H3;1H4. The molecule has 8 rings (SSSR count). The molecule has 4 aromatic carbocycles. The molecule has 356 valence electrons. The van der Waals surface area contributed by atoms with E-state index in [-0.39, 0.29) is 17.2 Å². The maximum absolute atomic E-state index is 13.1. The summed E-state index contributed by atoms with van der Waals surface area (Å²) in [7, 11) is 4.32. The largest absolute Gasteiger partial charge is 0.497 e. The van der Waals surface area contributed by atoms with Crippen LogP contribution in [0.15, 0.2) is 107 Å². The Kier molecular flexibility index (Phi) is 19.8. The summed E-state index contributed by atoms with van der Waals surface area (Å²) in [5, 5.41) is 5.27. The predicted octanol–water partition coefficient (Wildman–Crippen LogP) is 7.24. The number of nitrogens with zero attached hydrogens (tertiary/aromatic N) is 7. The maximum Gasteiger partial charge on any atom is 0.261 e. The molecule has 0 saturated carbocycles. The fourth-order valence-electron chi connectivity index (χ4n) is 6.82. The SMILES string of the molecule is C.COc1ccc(S(=O)(=O)Cl)cc1.COc1ccc(S(=O)(=O)N2CCCN(c3nc(Cc4cccc(OC)c4)ns3)CC2)cc1.COc1cccc(Cc2nsc(N3CCCNCC3)n2)c1. The van der Waals surface area contributed by atoms with Gasteiger partial charge in [-0.05, 0) is 103 Å². The van der Waals surface area contributed by atoms with Crippen LogP contribution in [0.1, 0.15) is 43.0 Å². The van der Waals surface area contributed by atoms with Crippen molar-refractivity contribution in [3.8, 4) is 23.0 Å². The van der Waals surface area contributed by atoms with Gasteiger partial charge in [-0.1, -0.05) is 31.7 Å². The lowest BCUT2D eigenvalue weighted by Gasteiger charge is -2.21. The van der Waals surface area contributed by atoms with Crippen molar-refractivity contribution in [2.45, 2.75) is 42.9 Å². The highest BCUT2D eigenvalue weighted by Gasteiger charge is 2.28. The Morgan fingerprint density at radius 2 is 1.06 bits per heavy atom. The minimum atomic E-state index is -3.61. The van der Waals surface area contributed by atoms with Crippen LogP contribution in [0.25, 0.3) is 0 Å². The first kappa shape index (κ1) is 51.9. The number of hydrogen-bond acceptors (Lipinski definition) is 17. The molecular weight excluding hydrogens is 944 g/mol. The summed E-state index contributed by atoms with van der Waals surface area (Å²) < 4.78 is 78.7. The van der Waals surface area contributed by atoms with E-state index in [0.29, 0.717) is 37.6 Å². The zero-order valence-corrected chi connectivity index (χ0v) is 40.7. The monoisotopic (exact) mass is 1000 g/mol. The Balaban J connectivity index is 0.000000206. The van der Waals surface area contributed by atoms with Gasteiger partial charge >= 0.3 is 0 Å². The first-order valence-electron chi connectivity index (χ1n) is 20.7. The van der Waals surface area contributed by atoms with Gasteiger partial charge in [-0.3, -0.25) is 0 Å². The average Bonchev–Trinajstić information content (AvgIpc) is 3.79. The van der Waals surface area contributed by atoms with Gasteiger partial charge in [-0.25, -0.2) is 26.8 Å². The Morgan fingerprint density at radius 3 is 1.56 bits per heavy atom. The van der Waals surface area contributed by atoms with Gasteiger partial charge in [0.1, 0.15) is 34.6 Å². The summed E-state index contributed by atoms with van der Waals surface area (Å²) >= 11 is 2.86. The van der Waals surface area contributed by atoms with E-state index >= 15 is 0 Å². The van der Waals surface area contributed by atoms with Crippen molar-refractivity contribution in [1.29, 1.82) is 0 Å². The first-order chi connectivity index (χ1) is 31.4. The molecule has 4 heterocycles. The normalized spacial score (nSPS) is 14.5. The number of nitrogens with one attached hydrogen (secondary N) is 1. The smallest absolute Gasteiger partial charge is 0.261 e. The van der Waals surface area contributed by atoms with E-state index in [9.17, 15) is 16.8 Å². The highest BCUT2D eigenvalue weighted by Crippen LogP contribution is 2.26. The van der Waals surface area contributed by atoms with Crippen LogP contribution in [0.5, 0.6) is 23.0 Å². The number of sulfonamides is 1. The summed E-state index contributed by atoms with van der Waals surface area (Å²) in [6, 6.07) is 28.3. The lowest BCUT2D eigenvalue weighted by atomic mass is 10.1. The van der Waals surface area contributed by atoms with Crippen LogP contribution in [-0.2, 0) is 31.9 Å². The Hall–Kier alpha value is -5.09.